The number of fused-ring (bicyclic) bond motifs is 3. The van der Waals surface area contributed by atoms with Gasteiger partial charge in [-0.15, -0.1) is 0 Å². The Hall–Kier alpha value is -3.36. The van der Waals surface area contributed by atoms with Crippen LogP contribution in [0.4, 0.5) is 17.6 Å². The molecule has 0 fully saturated rings. The third kappa shape index (κ3) is 4.44. The van der Waals surface area contributed by atoms with Crippen molar-refractivity contribution in [1.82, 2.24) is 9.47 Å². The highest BCUT2D eigenvalue weighted by Gasteiger charge is 2.35. The Balaban J connectivity index is 1.55. The number of aliphatic carboxylic acids is 1. The molecule has 3 aromatic rings. The number of alkyl halides is 3. The molecule has 1 atom stereocenters. The summed E-state index contributed by atoms with van der Waals surface area (Å²) in [4.78, 5) is 25.7. The number of aromatic nitrogens is 1. The van der Waals surface area contributed by atoms with E-state index in [1.54, 1.807) is 7.05 Å². The Labute approximate surface area is 187 Å². The van der Waals surface area contributed by atoms with Gasteiger partial charge in [0.05, 0.1) is 18.4 Å². The fourth-order valence-electron chi connectivity index (χ4n) is 4.59. The van der Waals surface area contributed by atoms with Crippen LogP contribution in [0, 0.1) is 5.82 Å². The average molecular weight is 462 g/mol. The molecule has 2 aromatic carbocycles. The predicted octanol–water partition coefficient (Wildman–Crippen LogP) is 4.44. The lowest BCUT2D eigenvalue weighted by Crippen LogP contribution is -2.43. The number of hydrogen-bond acceptors (Lipinski definition) is 2. The summed E-state index contributed by atoms with van der Waals surface area (Å²) in [5, 5.41) is 10.2. The van der Waals surface area contributed by atoms with Crippen molar-refractivity contribution in [2.45, 2.75) is 44.4 Å². The number of nitrogens with zero attached hydrogens (tertiary/aromatic N) is 2. The number of para-hydroxylation sites is 1. The molecule has 174 valence electrons. The summed E-state index contributed by atoms with van der Waals surface area (Å²) < 4.78 is 54.6. The summed E-state index contributed by atoms with van der Waals surface area (Å²) in [6.45, 7) is 0.453. The minimum absolute atomic E-state index is 0.0889. The van der Waals surface area contributed by atoms with Crippen molar-refractivity contribution in [3.05, 3.63) is 70.7 Å². The molecule has 0 spiro atoms. The number of carbonyl (C=O) groups excluding carboxylic acids is 1. The summed E-state index contributed by atoms with van der Waals surface area (Å²) in [6, 6.07) is 9.90. The van der Waals surface area contributed by atoms with Crippen molar-refractivity contribution >= 4 is 22.8 Å². The van der Waals surface area contributed by atoms with Gasteiger partial charge in [0.25, 0.3) is 0 Å². The van der Waals surface area contributed by atoms with Gasteiger partial charge in [-0.25, -0.2) is 4.39 Å². The molecule has 1 aromatic heterocycles. The lowest BCUT2D eigenvalue weighted by Gasteiger charge is -2.33. The molecule has 0 saturated carbocycles. The maximum Gasteiger partial charge on any atom is 0.419 e. The van der Waals surface area contributed by atoms with Crippen molar-refractivity contribution in [3.8, 4) is 0 Å². The molecule has 0 bridgehead atoms. The number of likely N-dealkylation sites (N-methyl/N-ethyl adjacent to an activating group) is 1. The first-order chi connectivity index (χ1) is 15.6. The van der Waals surface area contributed by atoms with E-state index in [9.17, 15) is 32.3 Å². The van der Waals surface area contributed by atoms with E-state index in [0.717, 1.165) is 28.2 Å². The van der Waals surface area contributed by atoms with Crippen molar-refractivity contribution in [2.24, 2.45) is 0 Å². The third-order valence-electron chi connectivity index (χ3n) is 6.26. The van der Waals surface area contributed by atoms with Crippen LogP contribution in [0.1, 0.15) is 28.8 Å². The van der Waals surface area contributed by atoms with E-state index in [1.807, 2.05) is 28.8 Å². The number of hydrogen-bond donors (Lipinski definition) is 1. The Kier molecular flexibility index (Phi) is 5.90. The van der Waals surface area contributed by atoms with Gasteiger partial charge < -0.3 is 14.6 Å². The van der Waals surface area contributed by atoms with Gasteiger partial charge in [0.15, 0.2) is 0 Å². The SMILES string of the molecule is CN(C(=O)Cc1ccc(F)c(C(F)(F)F)c1)[C@@H]1CCc2c(CC(=O)O)c3ccccc3n2C1. The first-order valence-electron chi connectivity index (χ1n) is 10.5. The van der Waals surface area contributed by atoms with Crippen LogP contribution in [0.25, 0.3) is 10.9 Å². The predicted molar refractivity (Wildman–Crippen MR) is 113 cm³/mol. The van der Waals surface area contributed by atoms with Crippen molar-refractivity contribution in [1.29, 1.82) is 0 Å². The smallest absolute Gasteiger partial charge is 0.419 e. The standard InChI is InChI=1S/C24H22F4N2O3/c1-29(22(31)11-14-6-8-19(25)18(10-14)24(26,27)28)15-7-9-21-17(12-23(32)33)16-4-2-3-5-20(16)30(21)13-15/h2-6,8,10,15H,7,9,11-13H2,1H3,(H,32,33)/t15-/m1/s1. The van der Waals surface area contributed by atoms with Crippen LogP contribution >= 0.6 is 0 Å². The maximum absolute atomic E-state index is 13.5. The van der Waals surface area contributed by atoms with E-state index in [-0.39, 0.29) is 30.4 Å². The van der Waals surface area contributed by atoms with Gasteiger partial charge >= 0.3 is 12.1 Å². The molecule has 2 heterocycles. The molecule has 0 unspecified atom stereocenters. The summed E-state index contributed by atoms with van der Waals surface area (Å²) >= 11 is 0. The zero-order chi connectivity index (χ0) is 23.9. The van der Waals surface area contributed by atoms with Crippen LogP contribution in [-0.2, 0) is 41.6 Å². The second-order valence-electron chi connectivity index (χ2n) is 8.31. The van der Waals surface area contributed by atoms with E-state index >= 15 is 0 Å². The molecular weight excluding hydrogens is 440 g/mol. The first kappa shape index (κ1) is 22.8. The molecule has 1 aliphatic rings. The molecule has 1 amide bonds. The van der Waals surface area contributed by atoms with E-state index < -0.39 is 23.5 Å². The van der Waals surface area contributed by atoms with Gasteiger partial charge in [0.2, 0.25) is 5.91 Å². The monoisotopic (exact) mass is 462 g/mol. The van der Waals surface area contributed by atoms with Crippen LogP contribution in [0.3, 0.4) is 0 Å². The summed E-state index contributed by atoms with van der Waals surface area (Å²) in [5.41, 5.74) is 1.30. The minimum Gasteiger partial charge on any atom is -0.481 e. The second-order valence-corrected chi connectivity index (χ2v) is 8.31. The molecule has 33 heavy (non-hydrogen) atoms. The lowest BCUT2D eigenvalue weighted by molar-refractivity contribution is -0.140. The Morgan fingerprint density at radius 1 is 1.15 bits per heavy atom. The molecule has 0 aliphatic carbocycles. The quantitative estimate of drug-likeness (QED) is 0.571. The summed E-state index contributed by atoms with van der Waals surface area (Å²) in [7, 11) is 1.61. The highest BCUT2D eigenvalue weighted by atomic mass is 19.4. The van der Waals surface area contributed by atoms with Crippen molar-refractivity contribution < 1.29 is 32.3 Å². The number of benzene rings is 2. The largest absolute Gasteiger partial charge is 0.481 e. The second kappa shape index (κ2) is 8.53. The van der Waals surface area contributed by atoms with Gasteiger partial charge in [0.1, 0.15) is 5.82 Å². The zero-order valence-corrected chi connectivity index (χ0v) is 17.8. The molecule has 4 rings (SSSR count). The van der Waals surface area contributed by atoms with Gasteiger partial charge in [0, 0.05) is 36.2 Å². The van der Waals surface area contributed by atoms with E-state index in [1.165, 1.54) is 11.0 Å². The van der Waals surface area contributed by atoms with Gasteiger partial charge in [-0.1, -0.05) is 24.3 Å². The zero-order valence-electron chi connectivity index (χ0n) is 17.8. The van der Waals surface area contributed by atoms with Gasteiger partial charge in [-0.05, 0) is 42.2 Å². The highest BCUT2D eigenvalue weighted by Crippen LogP contribution is 2.34. The van der Waals surface area contributed by atoms with Crippen molar-refractivity contribution in [3.63, 3.8) is 0 Å². The van der Waals surface area contributed by atoms with Crippen molar-refractivity contribution in [2.75, 3.05) is 7.05 Å². The summed E-state index contributed by atoms with van der Waals surface area (Å²) in [6.07, 6.45) is -4.02. The molecule has 1 N–H and O–H groups in total. The molecule has 0 saturated heterocycles. The number of carboxylic acids is 1. The van der Waals surface area contributed by atoms with Gasteiger partial charge in [-0.3, -0.25) is 9.59 Å². The number of rotatable bonds is 5. The van der Waals surface area contributed by atoms with E-state index in [2.05, 4.69) is 0 Å². The Morgan fingerprint density at radius 2 is 1.88 bits per heavy atom. The van der Waals surface area contributed by atoms with E-state index in [4.69, 9.17) is 0 Å². The fourth-order valence-corrected chi connectivity index (χ4v) is 4.59. The topological polar surface area (TPSA) is 62.5 Å². The molecule has 9 heteroatoms. The molecule has 1 aliphatic heterocycles. The highest BCUT2D eigenvalue weighted by molar-refractivity contribution is 5.89. The minimum atomic E-state index is -4.84. The molecule has 5 nitrogen and oxygen atoms in total. The van der Waals surface area contributed by atoms with Crippen LogP contribution < -0.4 is 0 Å². The Bertz CT molecular complexity index is 1230. The van der Waals surface area contributed by atoms with Crippen LogP contribution in [0.15, 0.2) is 42.5 Å². The maximum atomic E-state index is 13.5. The summed E-state index contributed by atoms with van der Waals surface area (Å²) in [5.74, 6) is -2.66. The number of carbonyl (C=O) groups is 2. The average Bonchev–Trinajstić information content (AvgIpc) is 3.06. The molecule has 0 radical (unpaired) electrons. The number of amides is 1. The molecular formula is C24H22F4N2O3. The Morgan fingerprint density at radius 3 is 2.58 bits per heavy atom. The van der Waals surface area contributed by atoms with E-state index in [0.29, 0.717) is 25.5 Å². The van der Waals surface area contributed by atoms with Crippen LogP contribution in [0.5, 0.6) is 0 Å². The van der Waals surface area contributed by atoms with Gasteiger partial charge in [-0.2, -0.15) is 13.2 Å². The van der Waals surface area contributed by atoms with Crippen LogP contribution in [-0.4, -0.2) is 39.5 Å². The van der Waals surface area contributed by atoms with Crippen LogP contribution in [0.2, 0.25) is 0 Å². The first-order valence-corrected chi connectivity index (χ1v) is 10.5. The number of halogens is 4. The normalized spacial score (nSPS) is 16.0. The fraction of sp³-hybridized carbons (Fsp3) is 0.333. The lowest BCUT2D eigenvalue weighted by atomic mass is 9.99. The third-order valence-corrected chi connectivity index (χ3v) is 6.26. The number of carboxylic acid groups (broad SMARTS) is 1.